The van der Waals surface area contributed by atoms with Gasteiger partial charge in [-0.05, 0) is 34.8 Å². The van der Waals surface area contributed by atoms with Gasteiger partial charge in [0.1, 0.15) is 0 Å². The predicted molar refractivity (Wildman–Crippen MR) is 63.8 cm³/mol. The first-order chi connectivity index (χ1) is 7.18. The van der Waals surface area contributed by atoms with Crippen molar-refractivity contribution in [3.05, 3.63) is 22.9 Å². The molecule has 1 fully saturated rings. The standard InChI is InChI=1S/C11H15BrN2O/c12-9-5-10(7-13-6-9)14-8-11(15)3-1-2-4-11/h5-7,14-15H,1-4,8H2. The Balaban J connectivity index is 1.92. The minimum absolute atomic E-state index is 0.512. The van der Waals surface area contributed by atoms with Crippen molar-refractivity contribution in [3.8, 4) is 0 Å². The topological polar surface area (TPSA) is 45.1 Å². The van der Waals surface area contributed by atoms with E-state index in [4.69, 9.17) is 0 Å². The van der Waals surface area contributed by atoms with Crippen LogP contribution in [0.2, 0.25) is 0 Å². The second kappa shape index (κ2) is 4.49. The number of aromatic nitrogens is 1. The van der Waals surface area contributed by atoms with Gasteiger partial charge >= 0.3 is 0 Å². The molecule has 82 valence electrons. The van der Waals surface area contributed by atoms with Crippen LogP contribution in [0, 0.1) is 0 Å². The summed E-state index contributed by atoms with van der Waals surface area (Å²) in [5, 5.41) is 13.4. The Hall–Kier alpha value is -0.610. The predicted octanol–water partition coefficient (Wildman–Crippen LogP) is 2.56. The van der Waals surface area contributed by atoms with Crippen LogP contribution in [0.5, 0.6) is 0 Å². The van der Waals surface area contributed by atoms with Gasteiger partial charge in [-0.1, -0.05) is 12.8 Å². The zero-order chi connectivity index (χ0) is 10.7. The van der Waals surface area contributed by atoms with E-state index in [1.54, 1.807) is 12.4 Å². The maximum absolute atomic E-state index is 10.1. The van der Waals surface area contributed by atoms with Gasteiger partial charge in [0, 0.05) is 17.2 Å². The highest BCUT2D eigenvalue weighted by molar-refractivity contribution is 9.10. The molecular formula is C11H15BrN2O. The van der Waals surface area contributed by atoms with E-state index in [1.807, 2.05) is 6.07 Å². The average molecular weight is 271 g/mol. The molecule has 0 amide bonds. The van der Waals surface area contributed by atoms with Crippen LogP contribution in [-0.4, -0.2) is 22.2 Å². The third-order valence-corrected chi connectivity index (χ3v) is 3.29. The molecule has 1 aliphatic rings. The van der Waals surface area contributed by atoms with E-state index in [2.05, 4.69) is 26.2 Å². The molecule has 0 saturated heterocycles. The fourth-order valence-electron chi connectivity index (χ4n) is 1.99. The van der Waals surface area contributed by atoms with Gasteiger partial charge in [-0.15, -0.1) is 0 Å². The van der Waals surface area contributed by atoms with Crippen LogP contribution in [0.1, 0.15) is 25.7 Å². The molecule has 1 aromatic rings. The molecule has 0 atom stereocenters. The van der Waals surface area contributed by atoms with Crippen molar-refractivity contribution in [1.82, 2.24) is 4.98 Å². The van der Waals surface area contributed by atoms with E-state index in [1.165, 1.54) is 0 Å². The molecule has 0 radical (unpaired) electrons. The zero-order valence-corrected chi connectivity index (χ0v) is 10.1. The molecule has 15 heavy (non-hydrogen) atoms. The summed E-state index contributed by atoms with van der Waals surface area (Å²) in [7, 11) is 0. The summed E-state index contributed by atoms with van der Waals surface area (Å²) in [6.07, 6.45) is 7.59. The summed E-state index contributed by atoms with van der Waals surface area (Å²) in [4.78, 5) is 4.06. The Morgan fingerprint density at radius 3 is 2.80 bits per heavy atom. The van der Waals surface area contributed by atoms with E-state index < -0.39 is 5.60 Å². The second-order valence-electron chi connectivity index (χ2n) is 4.18. The first-order valence-corrected chi connectivity index (χ1v) is 6.04. The van der Waals surface area contributed by atoms with Crippen LogP contribution in [0.4, 0.5) is 5.69 Å². The summed E-state index contributed by atoms with van der Waals surface area (Å²) in [5.41, 5.74) is 0.437. The van der Waals surface area contributed by atoms with Crippen molar-refractivity contribution in [1.29, 1.82) is 0 Å². The number of halogens is 1. The highest BCUT2D eigenvalue weighted by Crippen LogP contribution is 2.29. The van der Waals surface area contributed by atoms with E-state index >= 15 is 0 Å². The van der Waals surface area contributed by atoms with E-state index in [-0.39, 0.29) is 0 Å². The fourth-order valence-corrected chi connectivity index (χ4v) is 2.35. The lowest BCUT2D eigenvalue weighted by molar-refractivity contribution is 0.0615. The first-order valence-electron chi connectivity index (χ1n) is 5.25. The Bertz CT molecular complexity index is 337. The van der Waals surface area contributed by atoms with Gasteiger partial charge in [-0.25, -0.2) is 0 Å². The number of rotatable bonds is 3. The summed E-state index contributed by atoms with van der Waals surface area (Å²) < 4.78 is 0.950. The average Bonchev–Trinajstić information content (AvgIpc) is 2.63. The number of pyridine rings is 1. The number of nitrogens with one attached hydrogen (secondary N) is 1. The van der Waals surface area contributed by atoms with Gasteiger partial charge in [0.25, 0.3) is 0 Å². The third-order valence-electron chi connectivity index (χ3n) is 2.86. The molecule has 1 aliphatic carbocycles. The number of hydrogen-bond donors (Lipinski definition) is 2. The van der Waals surface area contributed by atoms with Crippen molar-refractivity contribution >= 4 is 21.6 Å². The molecule has 1 saturated carbocycles. The van der Waals surface area contributed by atoms with Crippen molar-refractivity contribution in [2.45, 2.75) is 31.3 Å². The molecule has 0 unspecified atom stereocenters. The van der Waals surface area contributed by atoms with Crippen LogP contribution in [0.25, 0.3) is 0 Å². The van der Waals surface area contributed by atoms with Gasteiger partial charge in [-0.2, -0.15) is 0 Å². The SMILES string of the molecule is OC1(CNc2cncc(Br)c2)CCCC1. The molecule has 3 nitrogen and oxygen atoms in total. The molecule has 1 aromatic heterocycles. The quantitative estimate of drug-likeness (QED) is 0.888. The van der Waals surface area contributed by atoms with Gasteiger partial charge in [0.05, 0.1) is 17.5 Å². The Morgan fingerprint density at radius 1 is 1.40 bits per heavy atom. The molecule has 0 bridgehead atoms. The van der Waals surface area contributed by atoms with Crippen molar-refractivity contribution in [2.75, 3.05) is 11.9 Å². The Kier molecular flexibility index (Phi) is 3.26. The molecule has 1 heterocycles. The fraction of sp³-hybridized carbons (Fsp3) is 0.545. The Labute approximate surface area is 98.0 Å². The maximum Gasteiger partial charge on any atom is 0.0819 e. The third kappa shape index (κ3) is 2.92. The monoisotopic (exact) mass is 270 g/mol. The van der Waals surface area contributed by atoms with E-state index in [9.17, 15) is 5.11 Å². The molecule has 0 aromatic carbocycles. The summed E-state index contributed by atoms with van der Waals surface area (Å²) in [6.45, 7) is 0.616. The van der Waals surface area contributed by atoms with Crippen molar-refractivity contribution < 1.29 is 5.11 Å². The van der Waals surface area contributed by atoms with E-state index in [0.29, 0.717) is 6.54 Å². The summed E-state index contributed by atoms with van der Waals surface area (Å²) >= 11 is 3.36. The second-order valence-corrected chi connectivity index (χ2v) is 5.09. The molecule has 2 rings (SSSR count). The highest BCUT2D eigenvalue weighted by Gasteiger charge is 2.30. The molecular weight excluding hydrogens is 256 g/mol. The number of anilines is 1. The molecule has 0 aliphatic heterocycles. The van der Waals surface area contributed by atoms with Crippen molar-refractivity contribution in [3.63, 3.8) is 0 Å². The van der Waals surface area contributed by atoms with Crippen LogP contribution in [-0.2, 0) is 0 Å². The van der Waals surface area contributed by atoms with Gasteiger partial charge in [0.2, 0.25) is 0 Å². The Morgan fingerprint density at radius 2 is 2.13 bits per heavy atom. The van der Waals surface area contributed by atoms with E-state index in [0.717, 1.165) is 35.8 Å². The molecule has 4 heteroatoms. The van der Waals surface area contributed by atoms with Crippen LogP contribution in [0.3, 0.4) is 0 Å². The zero-order valence-electron chi connectivity index (χ0n) is 8.54. The van der Waals surface area contributed by atoms with Crippen molar-refractivity contribution in [2.24, 2.45) is 0 Å². The van der Waals surface area contributed by atoms with Crippen LogP contribution >= 0.6 is 15.9 Å². The van der Waals surface area contributed by atoms with Crippen LogP contribution in [0.15, 0.2) is 22.9 Å². The van der Waals surface area contributed by atoms with Crippen LogP contribution < -0.4 is 5.32 Å². The summed E-state index contributed by atoms with van der Waals surface area (Å²) in [6, 6.07) is 1.96. The highest BCUT2D eigenvalue weighted by atomic mass is 79.9. The normalized spacial score (nSPS) is 19.1. The molecule has 2 N–H and O–H groups in total. The lowest BCUT2D eigenvalue weighted by atomic mass is 10.0. The number of nitrogens with zero attached hydrogens (tertiary/aromatic N) is 1. The molecule has 0 spiro atoms. The number of aliphatic hydroxyl groups is 1. The number of hydrogen-bond acceptors (Lipinski definition) is 3. The maximum atomic E-state index is 10.1. The lowest BCUT2D eigenvalue weighted by Gasteiger charge is -2.22. The van der Waals surface area contributed by atoms with Gasteiger partial charge in [-0.3, -0.25) is 4.98 Å². The largest absolute Gasteiger partial charge is 0.388 e. The van der Waals surface area contributed by atoms with Gasteiger partial charge in [0.15, 0.2) is 0 Å². The summed E-state index contributed by atoms with van der Waals surface area (Å²) in [5.74, 6) is 0. The minimum atomic E-state index is -0.512. The van der Waals surface area contributed by atoms with Gasteiger partial charge < -0.3 is 10.4 Å². The smallest absolute Gasteiger partial charge is 0.0819 e. The minimum Gasteiger partial charge on any atom is -0.388 e. The lowest BCUT2D eigenvalue weighted by Crippen LogP contribution is -2.33. The first kappa shape index (κ1) is 10.9.